The summed E-state index contributed by atoms with van der Waals surface area (Å²) >= 11 is 1.31. The number of thiophene rings is 1. The highest BCUT2D eigenvalue weighted by Crippen LogP contribution is 2.44. The number of primary amides is 1. The smallest absolute Gasteiger partial charge is 0.319 e. The lowest BCUT2D eigenvalue weighted by Crippen LogP contribution is -2.27. The van der Waals surface area contributed by atoms with Gasteiger partial charge >= 0.3 is 5.69 Å². The van der Waals surface area contributed by atoms with Gasteiger partial charge in [0.2, 0.25) is 5.69 Å². The molecular formula is C17H21N5O4S. The van der Waals surface area contributed by atoms with E-state index in [-0.39, 0.29) is 11.1 Å². The van der Waals surface area contributed by atoms with Crippen molar-refractivity contribution in [1.82, 2.24) is 10.2 Å². The average molecular weight is 391 g/mol. The van der Waals surface area contributed by atoms with Crippen molar-refractivity contribution in [2.45, 2.75) is 40.0 Å². The van der Waals surface area contributed by atoms with Gasteiger partial charge in [0, 0.05) is 4.88 Å². The van der Waals surface area contributed by atoms with Crippen LogP contribution in [0.5, 0.6) is 0 Å². The normalized spacial score (nSPS) is 16.6. The number of H-pyrrole nitrogens is 1. The number of anilines is 1. The van der Waals surface area contributed by atoms with Crippen LogP contribution < -0.4 is 11.1 Å². The molecule has 9 nitrogen and oxygen atoms in total. The third kappa shape index (κ3) is 3.57. The van der Waals surface area contributed by atoms with Crippen LogP contribution in [-0.4, -0.2) is 26.9 Å². The molecule has 0 saturated carbocycles. The number of fused-ring (bicyclic) bond motifs is 1. The predicted octanol–water partition coefficient (Wildman–Crippen LogP) is 2.88. The van der Waals surface area contributed by atoms with Gasteiger partial charge in [0.25, 0.3) is 11.8 Å². The first-order valence-corrected chi connectivity index (χ1v) is 9.34. The van der Waals surface area contributed by atoms with Crippen molar-refractivity contribution in [3.05, 3.63) is 38.0 Å². The lowest BCUT2D eigenvalue weighted by molar-refractivity contribution is -0.385. The number of nitrogens with zero attached hydrogens (tertiary/aromatic N) is 2. The van der Waals surface area contributed by atoms with E-state index in [0.29, 0.717) is 22.9 Å². The topological polar surface area (TPSA) is 144 Å². The van der Waals surface area contributed by atoms with Crippen LogP contribution in [0.2, 0.25) is 0 Å². The van der Waals surface area contributed by atoms with Gasteiger partial charge < -0.3 is 11.1 Å². The summed E-state index contributed by atoms with van der Waals surface area (Å²) in [6.45, 7) is 6.56. The highest BCUT2D eigenvalue weighted by molar-refractivity contribution is 7.17. The molecule has 1 aliphatic rings. The number of hydrogen-bond donors (Lipinski definition) is 3. The summed E-state index contributed by atoms with van der Waals surface area (Å²) in [7, 11) is 0. The molecule has 1 aliphatic carbocycles. The Balaban J connectivity index is 1.94. The molecule has 0 spiro atoms. The second-order valence-electron chi connectivity index (χ2n) is 7.72. The first-order valence-electron chi connectivity index (χ1n) is 8.53. The molecule has 2 aromatic rings. The van der Waals surface area contributed by atoms with Crippen LogP contribution in [0.25, 0.3) is 0 Å². The first-order chi connectivity index (χ1) is 12.6. The lowest BCUT2D eigenvalue weighted by atomic mass is 9.72. The number of rotatable bonds is 4. The number of hydrogen-bond acceptors (Lipinski definition) is 6. The van der Waals surface area contributed by atoms with E-state index in [1.165, 1.54) is 11.3 Å². The molecule has 2 amide bonds. The van der Waals surface area contributed by atoms with E-state index < -0.39 is 22.4 Å². The second-order valence-corrected chi connectivity index (χ2v) is 8.82. The van der Waals surface area contributed by atoms with Crippen LogP contribution in [0.4, 0.5) is 10.7 Å². The highest BCUT2D eigenvalue weighted by atomic mass is 32.1. The molecule has 0 fully saturated rings. The third-order valence-electron chi connectivity index (χ3n) is 5.01. The maximum Gasteiger partial charge on any atom is 0.319 e. The van der Waals surface area contributed by atoms with Gasteiger partial charge in [-0.05, 0) is 36.2 Å². The number of nitrogens with two attached hydrogens (primary N) is 1. The minimum atomic E-state index is -0.729. The van der Waals surface area contributed by atoms with Crippen molar-refractivity contribution in [3.8, 4) is 0 Å². The van der Waals surface area contributed by atoms with Gasteiger partial charge in [-0.1, -0.05) is 20.8 Å². The zero-order valence-electron chi connectivity index (χ0n) is 15.3. The van der Waals surface area contributed by atoms with Crippen molar-refractivity contribution in [2.75, 3.05) is 5.32 Å². The first kappa shape index (κ1) is 19.0. The lowest BCUT2D eigenvalue weighted by Gasteiger charge is -2.33. The van der Waals surface area contributed by atoms with Crippen LogP contribution in [0.15, 0.2) is 6.20 Å². The summed E-state index contributed by atoms with van der Waals surface area (Å²) in [4.78, 5) is 35.8. The van der Waals surface area contributed by atoms with Crippen LogP contribution in [-0.2, 0) is 12.8 Å². The quantitative estimate of drug-likeness (QED) is 0.542. The Hall–Kier alpha value is -2.75. The second kappa shape index (κ2) is 6.76. The zero-order chi connectivity index (χ0) is 19.9. The van der Waals surface area contributed by atoms with Crippen LogP contribution in [0.3, 0.4) is 0 Å². The summed E-state index contributed by atoms with van der Waals surface area (Å²) < 4.78 is 0. The summed E-state index contributed by atoms with van der Waals surface area (Å²) in [6.07, 6.45) is 3.43. The average Bonchev–Trinajstić information content (AvgIpc) is 3.17. The maximum atomic E-state index is 12.5. The molecule has 2 aromatic heterocycles. The number of carbonyl (C=O) groups excluding carboxylic acids is 2. The van der Waals surface area contributed by atoms with Crippen molar-refractivity contribution in [3.63, 3.8) is 0 Å². The standard InChI is InChI=1S/C17H21N5O4S/c1-17(2,3)8-4-5-9-11(6-8)27-16(12(9)14(18)23)20-15(24)13-10(22(25)26)7-19-21-13/h7-8H,4-6H2,1-3H3,(H2,18,23)(H,19,21)(H,20,24)/t8-/m1/s1. The van der Waals surface area contributed by atoms with Gasteiger partial charge in [-0.3, -0.25) is 24.8 Å². The van der Waals surface area contributed by atoms with E-state index in [1.807, 2.05) is 0 Å². The Morgan fingerprint density at radius 3 is 2.74 bits per heavy atom. The summed E-state index contributed by atoms with van der Waals surface area (Å²) in [5.74, 6) is -0.884. The van der Waals surface area contributed by atoms with E-state index in [9.17, 15) is 19.7 Å². The number of nitrogens with one attached hydrogen (secondary N) is 2. The van der Waals surface area contributed by atoms with E-state index in [2.05, 4.69) is 36.3 Å². The van der Waals surface area contributed by atoms with E-state index in [0.717, 1.165) is 29.5 Å². The van der Waals surface area contributed by atoms with Crippen molar-refractivity contribution in [1.29, 1.82) is 0 Å². The molecule has 0 saturated heterocycles. The van der Waals surface area contributed by atoms with Gasteiger partial charge in [0.1, 0.15) is 11.2 Å². The van der Waals surface area contributed by atoms with Crippen molar-refractivity contribution in [2.24, 2.45) is 17.1 Å². The minimum Gasteiger partial charge on any atom is -0.365 e. The van der Waals surface area contributed by atoms with Gasteiger partial charge in [0.05, 0.1) is 10.5 Å². The maximum absolute atomic E-state index is 12.5. The van der Waals surface area contributed by atoms with Gasteiger partial charge in [-0.15, -0.1) is 11.3 Å². The molecule has 0 bridgehead atoms. The minimum absolute atomic E-state index is 0.133. The third-order valence-corrected chi connectivity index (χ3v) is 6.18. The molecule has 0 aliphatic heterocycles. The molecular weight excluding hydrogens is 370 g/mol. The Kier molecular flexibility index (Phi) is 4.77. The van der Waals surface area contributed by atoms with Gasteiger partial charge in [-0.25, -0.2) is 0 Å². The molecule has 3 rings (SSSR count). The van der Waals surface area contributed by atoms with Crippen LogP contribution in [0.1, 0.15) is 58.5 Å². The summed E-state index contributed by atoms with van der Waals surface area (Å²) in [6, 6.07) is 0. The summed E-state index contributed by atoms with van der Waals surface area (Å²) in [5.41, 5.74) is 6.18. The van der Waals surface area contributed by atoms with E-state index in [4.69, 9.17) is 5.73 Å². The Labute approximate surface area is 159 Å². The monoisotopic (exact) mass is 391 g/mol. The molecule has 1 atom stereocenters. The van der Waals surface area contributed by atoms with Gasteiger partial charge in [-0.2, -0.15) is 5.10 Å². The molecule has 0 aromatic carbocycles. The molecule has 27 heavy (non-hydrogen) atoms. The molecule has 10 heteroatoms. The summed E-state index contributed by atoms with van der Waals surface area (Å²) in [5, 5.41) is 19.8. The number of nitro groups is 1. The zero-order valence-corrected chi connectivity index (χ0v) is 16.1. The van der Waals surface area contributed by atoms with Gasteiger partial charge in [0.15, 0.2) is 0 Å². The highest BCUT2D eigenvalue weighted by Gasteiger charge is 2.34. The fraction of sp³-hybridized carbons (Fsp3) is 0.471. The largest absolute Gasteiger partial charge is 0.365 e. The number of aromatic amines is 1. The Morgan fingerprint density at radius 2 is 2.15 bits per heavy atom. The predicted molar refractivity (Wildman–Crippen MR) is 101 cm³/mol. The Bertz CT molecular complexity index is 924. The SMILES string of the molecule is CC(C)(C)[C@@H]1CCc2c(sc(NC(=O)c3[nH]ncc3[N+](=O)[O-])c2C(N)=O)C1. The van der Waals surface area contributed by atoms with Crippen LogP contribution in [0, 0.1) is 21.4 Å². The number of carbonyl (C=O) groups is 2. The molecule has 144 valence electrons. The van der Waals surface area contributed by atoms with Crippen molar-refractivity contribution >= 4 is 33.8 Å². The number of amides is 2. The molecule has 2 heterocycles. The molecule has 0 radical (unpaired) electrons. The molecule has 0 unspecified atom stereocenters. The van der Waals surface area contributed by atoms with Crippen molar-refractivity contribution < 1.29 is 14.5 Å². The Morgan fingerprint density at radius 1 is 1.44 bits per heavy atom. The van der Waals surface area contributed by atoms with E-state index >= 15 is 0 Å². The van der Waals surface area contributed by atoms with E-state index in [1.54, 1.807) is 0 Å². The fourth-order valence-electron chi connectivity index (χ4n) is 3.42. The fourth-order valence-corrected chi connectivity index (χ4v) is 4.75. The molecule has 4 N–H and O–H groups in total. The van der Waals surface area contributed by atoms with Crippen LogP contribution >= 0.6 is 11.3 Å². The number of aromatic nitrogens is 2.